The Labute approximate surface area is 231 Å². The number of hydrogen-bond acceptors (Lipinski definition) is 3. The van der Waals surface area contributed by atoms with E-state index in [1.54, 1.807) is 13.2 Å². The lowest BCUT2D eigenvalue weighted by Gasteiger charge is -2.10. The quantitative estimate of drug-likeness (QED) is 0.186. The summed E-state index contributed by atoms with van der Waals surface area (Å²) in [6.07, 6.45) is 3.24. The third-order valence-electron chi connectivity index (χ3n) is 6.33. The van der Waals surface area contributed by atoms with Crippen molar-refractivity contribution in [2.45, 2.75) is 39.5 Å². The molecule has 0 amide bonds. The van der Waals surface area contributed by atoms with Gasteiger partial charge in [-0.05, 0) is 96.5 Å². The Kier molecular flexibility index (Phi) is 10.0. The zero-order valence-corrected chi connectivity index (χ0v) is 22.9. The molecule has 4 aromatic rings. The summed E-state index contributed by atoms with van der Waals surface area (Å²) in [5.41, 5.74) is 5.39. The van der Waals surface area contributed by atoms with Crippen molar-refractivity contribution in [3.63, 3.8) is 0 Å². The Bertz CT molecular complexity index is 1400. The fraction of sp³-hybridized carbons (Fsp3) is 0.257. The Morgan fingerprint density at radius 2 is 1.23 bits per heavy atom. The van der Waals surface area contributed by atoms with Gasteiger partial charge in [0.15, 0.2) is 0 Å². The summed E-state index contributed by atoms with van der Waals surface area (Å²) in [6, 6.07) is 27.4. The molecule has 0 N–H and O–H groups in total. The molecule has 0 saturated heterocycles. The van der Waals surface area contributed by atoms with Gasteiger partial charge in [-0.15, -0.1) is 0 Å². The number of benzene rings is 4. The van der Waals surface area contributed by atoms with E-state index in [0.29, 0.717) is 29.9 Å². The van der Waals surface area contributed by atoms with Crippen molar-refractivity contribution >= 4 is 0 Å². The normalized spacial score (nSPS) is 10.5. The van der Waals surface area contributed by atoms with Crippen LogP contribution in [-0.4, -0.2) is 20.3 Å². The Hall–Kier alpha value is -4.23. The minimum atomic E-state index is -0.273. The topological polar surface area (TPSA) is 27.7 Å². The van der Waals surface area contributed by atoms with Crippen molar-refractivity contribution in [1.82, 2.24) is 0 Å². The number of ether oxygens (including phenoxy) is 3. The molecule has 0 heterocycles. The highest BCUT2D eigenvalue weighted by Gasteiger charge is 2.10. The van der Waals surface area contributed by atoms with Crippen LogP contribution in [0.4, 0.5) is 4.39 Å². The van der Waals surface area contributed by atoms with Crippen LogP contribution in [0.25, 0.3) is 11.1 Å². The lowest BCUT2D eigenvalue weighted by atomic mass is 9.99. The van der Waals surface area contributed by atoms with Gasteiger partial charge in [0.25, 0.3) is 0 Å². The number of hydrogen-bond donors (Lipinski definition) is 0. The average molecular weight is 523 g/mol. The molecule has 0 spiro atoms. The summed E-state index contributed by atoms with van der Waals surface area (Å²) in [7, 11) is 1.59. The van der Waals surface area contributed by atoms with Crippen LogP contribution < -0.4 is 14.2 Å². The van der Waals surface area contributed by atoms with Crippen LogP contribution in [0, 0.1) is 17.7 Å². The molecule has 200 valence electrons. The summed E-state index contributed by atoms with van der Waals surface area (Å²) in [4.78, 5) is 0. The third kappa shape index (κ3) is 7.88. The number of rotatable bonds is 11. The van der Waals surface area contributed by atoms with Gasteiger partial charge in [0.1, 0.15) is 23.1 Å². The highest BCUT2D eigenvalue weighted by Crippen LogP contribution is 2.26. The van der Waals surface area contributed by atoms with E-state index in [1.807, 2.05) is 36.4 Å². The van der Waals surface area contributed by atoms with E-state index in [9.17, 15) is 0 Å². The van der Waals surface area contributed by atoms with Crippen LogP contribution in [0.3, 0.4) is 0 Å². The maximum absolute atomic E-state index is 15.0. The molecular weight excluding hydrogens is 487 g/mol. The van der Waals surface area contributed by atoms with Crippen molar-refractivity contribution in [3.05, 3.63) is 113 Å². The van der Waals surface area contributed by atoms with Gasteiger partial charge in [-0.25, -0.2) is 4.39 Å². The van der Waals surface area contributed by atoms with Gasteiger partial charge in [0.2, 0.25) is 0 Å². The predicted molar refractivity (Wildman–Crippen MR) is 156 cm³/mol. The van der Waals surface area contributed by atoms with E-state index in [-0.39, 0.29) is 5.82 Å². The summed E-state index contributed by atoms with van der Waals surface area (Å²) in [6.45, 7) is 5.57. The fourth-order valence-corrected chi connectivity index (χ4v) is 4.15. The zero-order chi connectivity index (χ0) is 27.5. The van der Waals surface area contributed by atoms with E-state index in [2.05, 4.69) is 62.1 Å². The van der Waals surface area contributed by atoms with Crippen molar-refractivity contribution in [1.29, 1.82) is 0 Å². The first-order valence-electron chi connectivity index (χ1n) is 13.5. The highest BCUT2D eigenvalue weighted by atomic mass is 19.1. The van der Waals surface area contributed by atoms with Crippen LogP contribution in [0.1, 0.15) is 48.9 Å². The minimum Gasteiger partial charge on any atom is -0.495 e. The summed E-state index contributed by atoms with van der Waals surface area (Å²) < 4.78 is 31.8. The largest absolute Gasteiger partial charge is 0.495 e. The molecule has 0 aliphatic carbocycles. The van der Waals surface area contributed by atoms with Crippen molar-refractivity contribution in [2.24, 2.45) is 0 Å². The predicted octanol–water partition coefficient (Wildman–Crippen LogP) is 8.26. The van der Waals surface area contributed by atoms with Crippen LogP contribution in [0.5, 0.6) is 17.2 Å². The second kappa shape index (κ2) is 14.1. The van der Waals surface area contributed by atoms with Gasteiger partial charge in [0, 0.05) is 5.56 Å². The van der Waals surface area contributed by atoms with Crippen molar-refractivity contribution in [3.8, 4) is 40.2 Å². The van der Waals surface area contributed by atoms with Crippen LogP contribution in [0.15, 0.2) is 84.9 Å². The number of methoxy groups -OCH3 is 1. The first-order chi connectivity index (χ1) is 19.1. The Morgan fingerprint density at radius 3 is 1.79 bits per heavy atom. The molecule has 4 rings (SSSR count). The van der Waals surface area contributed by atoms with Crippen molar-refractivity contribution in [2.75, 3.05) is 20.3 Å². The standard InChI is InChI=1S/C35H35FO3/c1-4-22-38-32-18-10-27(11-19-32)9-15-31-24-34(36)30(25-35(31)37-3)14-8-26-6-12-28(13-7-26)29-16-20-33(21-17-29)39-23-5-2/h6-7,10-13,16-21,24-25H,4-5,8,14,22-23H2,1-3H3. The molecule has 0 atom stereocenters. The van der Waals surface area contributed by atoms with Gasteiger partial charge in [-0.1, -0.05) is 62.1 Å². The summed E-state index contributed by atoms with van der Waals surface area (Å²) in [5.74, 6) is 8.15. The molecule has 0 bridgehead atoms. The monoisotopic (exact) mass is 522 g/mol. The van der Waals surface area contributed by atoms with E-state index < -0.39 is 0 Å². The van der Waals surface area contributed by atoms with Gasteiger partial charge in [0.05, 0.1) is 25.9 Å². The number of halogens is 1. The SMILES string of the molecule is CCCOc1ccc(C#Cc2cc(F)c(CCc3ccc(-c4ccc(OCCC)cc4)cc3)cc2OC)cc1. The molecular formula is C35H35FO3. The summed E-state index contributed by atoms with van der Waals surface area (Å²) >= 11 is 0. The van der Waals surface area contributed by atoms with E-state index in [1.165, 1.54) is 6.07 Å². The Balaban J connectivity index is 1.39. The molecule has 4 heteroatoms. The fourth-order valence-electron chi connectivity index (χ4n) is 4.15. The van der Waals surface area contributed by atoms with Crippen molar-refractivity contribution < 1.29 is 18.6 Å². The molecule has 0 radical (unpaired) electrons. The smallest absolute Gasteiger partial charge is 0.134 e. The molecule has 39 heavy (non-hydrogen) atoms. The molecule has 4 aromatic carbocycles. The van der Waals surface area contributed by atoms with E-state index in [4.69, 9.17) is 14.2 Å². The third-order valence-corrected chi connectivity index (χ3v) is 6.33. The molecule has 3 nitrogen and oxygen atoms in total. The molecule has 0 fully saturated rings. The Morgan fingerprint density at radius 1 is 0.667 bits per heavy atom. The molecule has 0 saturated carbocycles. The second-order valence-corrected chi connectivity index (χ2v) is 9.34. The lowest BCUT2D eigenvalue weighted by molar-refractivity contribution is 0.317. The first kappa shape index (κ1) is 27.8. The van der Waals surface area contributed by atoms with Crippen LogP contribution in [0.2, 0.25) is 0 Å². The second-order valence-electron chi connectivity index (χ2n) is 9.34. The van der Waals surface area contributed by atoms with E-state index >= 15 is 4.39 Å². The van der Waals surface area contributed by atoms with Gasteiger partial charge in [-0.3, -0.25) is 0 Å². The van der Waals surface area contributed by atoms with Gasteiger partial charge >= 0.3 is 0 Å². The van der Waals surface area contributed by atoms with Gasteiger partial charge in [-0.2, -0.15) is 0 Å². The molecule has 0 aliphatic rings. The van der Waals surface area contributed by atoms with Crippen LogP contribution in [-0.2, 0) is 12.8 Å². The average Bonchev–Trinajstić information content (AvgIpc) is 2.98. The minimum absolute atomic E-state index is 0.273. The van der Waals surface area contributed by atoms with Gasteiger partial charge < -0.3 is 14.2 Å². The number of aryl methyl sites for hydroxylation is 2. The molecule has 0 aliphatic heterocycles. The molecule has 0 aromatic heterocycles. The first-order valence-corrected chi connectivity index (χ1v) is 13.5. The lowest BCUT2D eigenvalue weighted by Crippen LogP contribution is -1.99. The van der Waals surface area contributed by atoms with E-state index in [0.717, 1.165) is 59.6 Å². The maximum atomic E-state index is 15.0. The van der Waals surface area contributed by atoms with Crippen LogP contribution >= 0.6 is 0 Å². The zero-order valence-electron chi connectivity index (χ0n) is 22.9. The highest BCUT2D eigenvalue weighted by molar-refractivity contribution is 5.64. The molecule has 0 unspecified atom stereocenters. The maximum Gasteiger partial charge on any atom is 0.134 e. The summed E-state index contributed by atoms with van der Waals surface area (Å²) in [5, 5.41) is 0.